The Hall–Kier alpha value is -2.28. The summed E-state index contributed by atoms with van der Waals surface area (Å²) in [5.41, 5.74) is -0.145. The van der Waals surface area contributed by atoms with Crippen LogP contribution in [0.3, 0.4) is 0 Å². The lowest BCUT2D eigenvalue weighted by atomic mass is 9.88. The van der Waals surface area contributed by atoms with Crippen molar-refractivity contribution in [2.75, 3.05) is 16.4 Å². The van der Waals surface area contributed by atoms with Crippen LogP contribution in [-0.4, -0.2) is 29.9 Å². The van der Waals surface area contributed by atoms with Crippen LogP contribution in [0.2, 0.25) is 15.1 Å². The van der Waals surface area contributed by atoms with Crippen molar-refractivity contribution in [2.45, 2.75) is 30.7 Å². The maximum absolute atomic E-state index is 14.1. The standard InChI is InChI=1S/C25H21Cl3N2O3/c26-17-6-10-20(11-7-17)29-23(22-5-2-14-33-22)25(32,16-3-1-4-19(28)15-16)30(24(29)31)21-12-8-18(27)9-13-21/h1,3-4,6-13,15,22-23,32H,2,5,14H2/t22?,23-,25?/m1/s1. The van der Waals surface area contributed by atoms with Crippen LogP contribution in [0.1, 0.15) is 18.4 Å². The van der Waals surface area contributed by atoms with Gasteiger partial charge in [0.1, 0.15) is 6.04 Å². The van der Waals surface area contributed by atoms with Crippen LogP contribution in [0.5, 0.6) is 0 Å². The number of anilines is 2. The van der Waals surface area contributed by atoms with E-state index in [-0.39, 0.29) is 12.1 Å². The van der Waals surface area contributed by atoms with Crippen LogP contribution in [0.15, 0.2) is 72.8 Å². The molecule has 2 fully saturated rings. The van der Waals surface area contributed by atoms with Gasteiger partial charge in [0.15, 0.2) is 5.72 Å². The van der Waals surface area contributed by atoms with Gasteiger partial charge in [-0.3, -0.25) is 9.80 Å². The third kappa shape index (κ3) is 3.88. The van der Waals surface area contributed by atoms with E-state index < -0.39 is 11.8 Å². The molecule has 8 heteroatoms. The van der Waals surface area contributed by atoms with Crippen molar-refractivity contribution in [1.29, 1.82) is 0 Å². The fourth-order valence-electron chi connectivity index (χ4n) is 4.75. The average Bonchev–Trinajstić information content (AvgIpc) is 3.40. The van der Waals surface area contributed by atoms with Crippen LogP contribution in [0, 0.1) is 0 Å². The molecule has 0 aliphatic carbocycles. The van der Waals surface area contributed by atoms with E-state index in [2.05, 4.69) is 0 Å². The third-order valence-electron chi connectivity index (χ3n) is 6.19. The Morgan fingerprint density at radius 1 is 0.879 bits per heavy atom. The monoisotopic (exact) mass is 502 g/mol. The molecule has 0 radical (unpaired) electrons. The van der Waals surface area contributed by atoms with Gasteiger partial charge in [0, 0.05) is 38.6 Å². The first-order valence-corrected chi connectivity index (χ1v) is 11.8. The molecule has 2 aliphatic heterocycles. The highest BCUT2D eigenvalue weighted by Gasteiger charge is 2.62. The number of ether oxygens (including phenoxy) is 1. The second-order valence-electron chi connectivity index (χ2n) is 8.17. The highest BCUT2D eigenvalue weighted by atomic mass is 35.5. The van der Waals surface area contributed by atoms with Crippen LogP contribution < -0.4 is 9.80 Å². The molecule has 5 rings (SSSR count). The SMILES string of the molecule is O=C1N(c2ccc(Cl)cc2)[C@H](C2CCCO2)C(O)(c2cccc(Cl)c2)N1c1ccc(Cl)cc1. The van der Waals surface area contributed by atoms with Gasteiger partial charge >= 0.3 is 6.03 Å². The van der Waals surface area contributed by atoms with Crippen molar-refractivity contribution < 1.29 is 14.6 Å². The first kappa shape index (κ1) is 22.5. The highest BCUT2D eigenvalue weighted by Crippen LogP contribution is 2.48. The molecule has 0 aromatic heterocycles. The Kier molecular flexibility index (Phi) is 6.02. The number of benzene rings is 3. The fraction of sp³-hybridized carbons (Fsp3) is 0.240. The van der Waals surface area contributed by atoms with Crippen LogP contribution >= 0.6 is 34.8 Å². The summed E-state index contributed by atoms with van der Waals surface area (Å²) in [5, 5.41) is 14.1. The molecule has 0 saturated carbocycles. The zero-order valence-corrected chi connectivity index (χ0v) is 19.8. The highest BCUT2D eigenvalue weighted by molar-refractivity contribution is 6.31. The van der Waals surface area contributed by atoms with E-state index in [1.807, 2.05) is 0 Å². The molecule has 33 heavy (non-hydrogen) atoms. The number of nitrogens with zero attached hydrogens (tertiary/aromatic N) is 2. The number of carbonyl (C=O) groups is 1. The molecule has 3 atom stereocenters. The van der Waals surface area contributed by atoms with E-state index >= 15 is 0 Å². The van der Waals surface area contributed by atoms with Crippen LogP contribution in [-0.2, 0) is 10.5 Å². The Balaban J connectivity index is 1.75. The summed E-state index contributed by atoms with van der Waals surface area (Å²) >= 11 is 18.5. The van der Waals surface area contributed by atoms with Crippen LogP contribution in [0.25, 0.3) is 0 Å². The smallest absolute Gasteiger partial charge is 0.332 e. The lowest BCUT2D eigenvalue weighted by Crippen LogP contribution is -2.54. The molecule has 0 spiro atoms. The predicted molar refractivity (Wildman–Crippen MR) is 131 cm³/mol. The summed E-state index contributed by atoms with van der Waals surface area (Å²) in [6.45, 7) is 0.566. The zero-order chi connectivity index (χ0) is 23.2. The molecular weight excluding hydrogens is 483 g/mol. The molecule has 2 aliphatic rings. The van der Waals surface area contributed by atoms with E-state index in [1.54, 1.807) is 77.7 Å². The van der Waals surface area contributed by atoms with E-state index in [0.29, 0.717) is 45.0 Å². The predicted octanol–water partition coefficient (Wildman–Crippen LogP) is 6.49. The Labute approximate surface area is 207 Å². The van der Waals surface area contributed by atoms with Gasteiger partial charge < -0.3 is 9.84 Å². The van der Waals surface area contributed by atoms with Gasteiger partial charge in [-0.2, -0.15) is 0 Å². The molecule has 2 unspecified atom stereocenters. The van der Waals surface area contributed by atoms with Crippen molar-refractivity contribution in [3.05, 3.63) is 93.4 Å². The third-order valence-corrected chi connectivity index (χ3v) is 6.92. The van der Waals surface area contributed by atoms with E-state index in [0.717, 1.165) is 6.42 Å². The Morgan fingerprint density at radius 3 is 2.09 bits per heavy atom. The number of rotatable bonds is 4. The van der Waals surface area contributed by atoms with Crippen molar-refractivity contribution in [2.24, 2.45) is 0 Å². The minimum Gasteiger partial charge on any atom is -0.376 e. The largest absolute Gasteiger partial charge is 0.376 e. The Morgan fingerprint density at radius 2 is 1.52 bits per heavy atom. The maximum Gasteiger partial charge on any atom is 0.332 e. The molecular formula is C25H21Cl3N2O3. The number of hydrogen-bond donors (Lipinski definition) is 1. The lowest BCUT2D eigenvalue weighted by Gasteiger charge is -2.39. The van der Waals surface area contributed by atoms with Gasteiger partial charge in [-0.05, 0) is 73.5 Å². The van der Waals surface area contributed by atoms with E-state index in [9.17, 15) is 9.90 Å². The quantitative estimate of drug-likeness (QED) is 0.443. The second kappa shape index (κ2) is 8.82. The number of halogens is 3. The average molecular weight is 504 g/mol. The number of amides is 2. The summed E-state index contributed by atoms with van der Waals surface area (Å²) in [6, 6.07) is 19.6. The lowest BCUT2D eigenvalue weighted by molar-refractivity contribution is -0.0260. The molecule has 3 aromatic carbocycles. The first-order chi connectivity index (χ1) is 15.9. The normalized spacial score (nSPS) is 25.2. The molecule has 0 bridgehead atoms. The molecule has 2 saturated heterocycles. The molecule has 3 aromatic rings. The summed E-state index contributed by atoms with van der Waals surface area (Å²) in [4.78, 5) is 17.1. The summed E-state index contributed by atoms with van der Waals surface area (Å²) in [7, 11) is 0. The van der Waals surface area contributed by atoms with Gasteiger partial charge in [0.25, 0.3) is 0 Å². The van der Waals surface area contributed by atoms with Gasteiger partial charge in [0.05, 0.1) is 6.10 Å². The van der Waals surface area contributed by atoms with Crippen molar-refractivity contribution in [3.63, 3.8) is 0 Å². The minimum absolute atomic E-state index is 0.383. The van der Waals surface area contributed by atoms with Crippen molar-refractivity contribution >= 4 is 52.2 Å². The maximum atomic E-state index is 14.1. The zero-order valence-electron chi connectivity index (χ0n) is 17.5. The molecule has 2 amide bonds. The fourth-order valence-corrected chi connectivity index (χ4v) is 5.19. The first-order valence-electron chi connectivity index (χ1n) is 10.6. The van der Waals surface area contributed by atoms with Gasteiger partial charge in [0.2, 0.25) is 0 Å². The summed E-state index contributed by atoms with van der Waals surface area (Å²) < 4.78 is 6.05. The Bertz CT molecular complexity index is 1170. The number of urea groups is 1. The number of aliphatic hydroxyl groups is 1. The second-order valence-corrected chi connectivity index (χ2v) is 9.48. The van der Waals surface area contributed by atoms with Crippen LogP contribution in [0.4, 0.5) is 16.2 Å². The van der Waals surface area contributed by atoms with Crippen molar-refractivity contribution in [1.82, 2.24) is 0 Å². The van der Waals surface area contributed by atoms with E-state index in [4.69, 9.17) is 39.5 Å². The molecule has 5 nitrogen and oxygen atoms in total. The molecule has 1 N–H and O–H groups in total. The van der Waals surface area contributed by atoms with Gasteiger partial charge in [-0.1, -0.05) is 46.9 Å². The number of carbonyl (C=O) groups excluding carboxylic acids is 1. The minimum atomic E-state index is -1.76. The summed E-state index contributed by atoms with van der Waals surface area (Å²) in [5.74, 6) is 0. The van der Waals surface area contributed by atoms with Gasteiger partial charge in [-0.25, -0.2) is 4.79 Å². The topological polar surface area (TPSA) is 53.0 Å². The molecule has 2 heterocycles. The van der Waals surface area contributed by atoms with Crippen molar-refractivity contribution in [3.8, 4) is 0 Å². The van der Waals surface area contributed by atoms with Gasteiger partial charge in [-0.15, -0.1) is 0 Å². The summed E-state index contributed by atoms with van der Waals surface area (Å²) in [6.07, 6.45) is 1.17. The molecule has 170 valence electrons. The van der Waals surface area contributed by atoms with E-state index in [1.165, 1.54) is 4.90 Å². The number of hydrogen-bond acceptors (Lipinski definition) is 3.